The van der Waals surface area contributed by atoms with Crippen LogP contribution in [0.5, 0.6) is 5.75 Å². The molecule has 1 atom stereocenters. The minimum atomic E-state index is -0.512. The highest BCUT2D eigenvalue weighted by Gasteiger charge is 2.43. The third-order valence-corrected chi connectivity index (χ3v) is 3.12. The Bertz CT molecular complexity index is 450. The second kappa shape index (κ2) is 3.28. The number of ketones is 1. The molecule has 1 fully saturated rings. The van der Waals surface area contributed by atoms with E-state index in [0.717, 1.165) is 6.42 Å². The van der Waals surface area contributed by atoms with Crippen LogP contribution in [-0.4, -0.2) is 24.6 Å². The van der Waals surface area contributed by atoms with E-state index in [1.54, 1.807) is 0 Å². The van der Waals surface area contributed by atoms with Gasteiger partial charge >= 0.3 is 0 Å². The van der Waals surface area contributed by atoms with Crippen molar-refractivity contribution < 1.29 is 18.7 Å². The lowest BCUT2D eigenvalue weighted by Gasteiger charge is -2.33. The first-order valence-electron chi connectivity index (χ1n) is 5.28. The highest BCUT2D eigenvalue weighted by Crippen LogP contribution is 2.37. The number of halogens is 1. The van der Waals surface area contributed by atoms with Crippen molar-refractivity contribution in [3.8, 4) is 5.75 Å². The number of rotatable bonds is 0. The van der Waals surface area contributed by atoms with Crippen LogP contribution in [-0.2, 0) is 4.74 Å². The molecule has 2 aliphatic rings. The molecule has 0 amide bonds. The summed E-state index contributed by atoms with van der Waals surface area (Å²) in [4.78, 5) is 11.9. The van der Waals surface area contributed by atoms with Crippen LogP contribution in [0.25, 0.3) is 0 Å². The van der Waals surface area contributed by atoms with Gasteiger partial charge in [-0.1, -0.05) is 0 Å². The number of hydrogen-bond donors (Lipinski definition) is 0. The summed E-state index contributed by atoms with van der Waals surface area (Å²) < 4.78 is 24.1. The van der Waals surface area contributed by atoms with Crippen LogP contribution in [0, 0.1) is 5.82 Å². The van der Waals surface area contributed by atoms with Gasteiger partial charge in [-0.15, -0.1) is 0 Å². The lowest BCUT2D eigenvalue weighted by Crippen LogP contribution is -2.42. The maximum absolute atomic E-state index is 13.0. The molecule has 1 spiro atoms. The number of benzene rings is 1. The minimum absolute atomic E-state index is 0.0637. The van der Waals surface area contributed by atoms with E-state index in [0.29, 0.717) is 24.5 Å². The summed E-state index contributed by atoms with van der Waals surface area (Å²) in [6.45, 7) is 1.05. The van der Waals surface area contributed by atoms with Crippen LogP contribution in [0.1, 0.15) is 23.2 Å². The first-order chi connectivity index (χ1) is 7.69. The molecule has 4 heteroatoms. The molecular formula is C12H11FO3. The predicted molar refractivity (Wildman–Crippen MR) is 54.1 cm³/mol. The Morgan fingerprint density at radius 1 is 1.38 bits per heavy atom. The largest absolute Gasteiger partial charge is 0.484 e. The van der Waals surface area contributed by atoms with Crippen molar-refractivity contribution in [3.05, 3.63) is 29.6 Å². The monoisotopic (exact) mass is 222 g/mol. The van der Waals surface area contributed by atoms with Crippen molar-refractivity contribution in [2.75, 3.05) is 13.2 Å². The van der Waals surface area contributed by atoms with Gasteiger partial charge < -0.3 is 9.47 Å². The molecular weight excluding hydrogens is 211 g/mol. The van der Waals surface area contributed by atoms with Crippen molar-refractivity contribution in [3.63, 3.8) is 0 Å². The molecule has 0 N–H and O–H groups in total. The van der Waals surface area contributed by atoms with Gasteiger partial charge in [-0.25, -0.2) is 4.39 Å². The van der Waals surface area contributed by atoms with Gasteiger partial charge in [-0.2, -0.15) is 0 Å². The molecule has 0 radical (unpaired) electrons. The maximum atomic E-state index is 13.0. The quantitative estimate of drug-likeness (QED) is 0.673. The van der Waals surface area contributed by atoms with Gasteiger partial charge in [0.15, 0.2) is 5.78 Å². The van der Waals surface area contributed by atoms with Crippen LogP contribution in [0.3, 0.4) is 0 Å². The Morgan fingerprint density at radius 3 is 3.00 bits per heavy atom. The maximum Gasteiger partial charge on any atom is 0.170 e. The van der Waals surface area contributed by atoms with Crippen molar-refractivity contribution in [2.24, 2.45) is 0 Å². The van der Waals surface area contributed by atoms with Gasteiger partial charge in [0.25, 0.3) is 0 Å². The molecule has 0 bridgehead atoms. The second-order valence-corrected chi connectivity index (χ2v) is 4.33. The molecule has 0 saturated carbocycles. The minimum Gasteiger partial charge on any atom is -0.484 e. The van der Waals surface area contributed by atoms with Crippen molar-refractivity contribution in [2.45, 2.75) is 18.4 Å². The molecule has 16 heavy (non-hydrogen) atoms. The SMILES string of the molecule is O=C1C[C@]2(CCOC2)Oc2ccc(F)cc21. The van der Waals surface area contributed by atoms with E-state index in [1.807, 2.05) is 0 Å². The number of carbonyl (C=O) groups excluding carboxylic acids is 1. The summed E-state index contributed by atoms with van der Waals surface area (Å²) in [5.74, 6) is 0.00345. The van der Waals surface area contributed by atoms with Gasteiger partial charge in [-0.05, 0) is 18.2 Å². The van der Waals surface area contributed by atoms with E-state index in [-0.39, 0.29) is 12.2 Å². The van der Waals surface area contributed by atoms with Crippen molar-refractivity contribution in [1.29, 1.82) is 0 Å². The molecule has 0 aromatic heterocycles. The van der Waals surface area contributed by atoms with E-state index in [2.05, 4.69) is 0 Å². The molecule has 0 unspecified atom stereocenters. The summed E-state index contributed by atoms with van der Waals surface area (Å²) in [5.41, 5.74) is -0.167. The second-order valence-electron chi connectivity index (χ2n) is 4.33. The fourth-order valence-corrected chi connectivity index (χ4v) is 2.27. The molecule has 3 nitrogen and oxygen atoms in total. The summed E-state index contributed by atoms with van der Waals surface area (Å²) in [7, 11) is 0. The number of ether oxygens (including phenoxy) is 2. The van der Waals surface area contributed by atoms with Crippen LogP contribution < -0.4 is 4.74 Å². The third kappa shape index (κ3) is 1.41. The predicted octanol–water partition coefficient (Wildman–Crippen LogP) is 1.95. The van der Waals surface area contributed by atoms with Crippen LogP contribution >= 0.6 is 0 Å². The molecule has 2 aliphatic heterocycles. The topological polar surface area (TPSA) is 35.5 Å². The van der Waals surface area contributed by atoms with Gasteiger partial charge in [0.05, 0.1) is 25.2 Å². The summed E-state index contributed by atoms with van der Waals surface area (Å²) in [5, 5.41) is 0. The number of hydrogen-bond acceptors (Lipinski definition) is 3. The van der Waals surface area contributed by atoms with E-state index in [9.17, 15) is 9.18 Å². The fourth-order valence-electron chi connectivity index (χ4n) is 2.27. The van der Waals surface area contributed by atoms with E-state index >= 15 is 0 Å². The molecule has 1 saturated heterocycles. The Balaban J connectivity index is 2.02. The Morgan fingerprint density at radius 2 is 2.25 bits per heavy atom. The zero-order valence-corrected chi connectivity index (χ0v) is 8.66. The van der Waals surface area contributed by atoms with Crippen LogP contribution in [0.4, 0.5) is 4.39 Å². The van der Waals surface area contributed by atoms with Gasteiger partial charge in [0.1, 0.15) is 17.2 Å². The summed E-state index contributed by atoms with van der Waals surface area (Å²) in [6, 6.07) is 4.06. The fraction of sp³-hybridized carbons (Fsp3) is 0.417. The highest BCUT2D eigenvalue weighted by molar-refractivity contribution is 6.00. The Labute approximate surface area is 92.2 Å². The summed E-state index contributed by atoms with van der Waals surface area (Å²) >= 11 is 0. The zero-order chi connectivity index (χ0) is 11.2. The van der Waals surface area contributed by atoms with Crippen LogP contribution in [0.15, 0.2) is 18.2 Å². The number of carbonyl (C=O) groups is 1. The van der Waals surface area contributed by atoms with Crippen LogP contribution in [0.2, 0.25) is 0 Å². The standard InChI is InChI=1S/C12H11FO3/c13-8-1-2-11-9(5-8)10(14)6-12(16-11)3-4-15-7-12/h1-2,5H,3-4,6-7H2/t12-/m0/s1. The molecule has 84 valence electrons. The number of fused-ring (bicyclic) bond motifs is 1. The highest BCUT2D eigenvalue weighted by atomic mass is 19.1. The van der Waals surface area contributed by atoms with E-state index < -0.39 is 11.4 Å². The molecule has 0 aliphatic carbocycles. The van der Waals surface area contributed by atoms with Gasteiger partial charge in [-0.3, -0.25) is 4.79 Å². The molecule has 1 aromatic carbocycles. The lowest BCUT2D eigenvalue weighted by atomic mass is 9.89. The van der Waals surface area contributed by atoms with Crippen molar-refractivity contribution >= 4 is 5.78 Å². The number of Topliss-reactive ketones (excluding diaryl/α,β-unsaturated/α-hetero) is 1. The smallest absolute Gasteiger partial charge is 0.170 e. The first-order valence-corrected chi connectivity index (χ1v) is 5.28. The Hall–Kier alpha value is -1.42. The average molecular weight is 222 g/mol. The normalized spacial score (nSPS) is 27.9. The molecule has 1 aromatic rings. The molecule has 3 rings (SSSR count). The average Bonchev–Trinajstić information content (AvgIpc) is 2.68. The van der Waals surface area contributed by atoms with Crippen molar-refractivity contribution in [1.82, 2.24) is 0 Å². The lowest BCUT2D eigenvalue weighted by molar-refractivity contribution is 0.0305. The summed E-state index contributed by atoms with van der Waals surface area (Å²) in [6.07, 6.45) is 0.999. The van der Waals surface area contributed by atoms with Gasteiger partial charge in [0, 0.05) is 6.42 Å². The first kappa shape index (κ1) is 9.78. The Kier molecular flexibility index (Phi) is 2.01. The van der Waals surface area contributed by atoms with E-state index in [1.165, 1.54) is 18.2 Å². The third-order valence-electron chi connectivity index (χ3n) is 3.12. The zero-order valence-electron chi connectivity index (χ0n) is 8.66. The van der Waals surface area contributed by atoms with E-state index in [4.69, 9.17) is 9.47 Å². The van der Waals surface area contributed by atoms with Gasteiger partial charge in [0.2, 0.25) is 0 Å². The molecule has 2 heterocycles.